The van der Waals surface area contributed by atoms with Gasteiger partial charge in [0, 0.05) is 36.8 Å². The number of benzene rings is 2. The molecule has 1 saturated carbocycles. The van der Waals surface area contributed by atoms with Gasteiger partial charge in [-0.1, -0.05) is 36.4 Å². The summed E-state index contributed by atoms with van der Waals surface area (Å²) in [4.78, 5) is 36.2. The van der Waals surface area contributed by atoms with Crippen LogP contribution in [0.4, 0.5) is 40.9 Å². The Kier molecular flexibility index (Phi) is 12.3. The van der Waals surface area contributed by atoms with E-state index in [2.05, 4.69) is 39.2 Å². The lowest BCUT2D eigenvalue weighted by Crippen LogP contribution is -2.54. The zero-order valence-corrected chi connectivity index (χ0v) is 30.6. The number of hydrogen-bond acceptors (Lipinski definition) is 9. The van der Waals surface area contributed by atoms with E-state index in [9.17, 15) is 30.7 Å². The number of anilines is 1. The smallest absolute Gasteiger partial charge is 0.475 e. The minimum absolute atomic E-state index is 0.0218. The molecular weight excluding hydrogens is 760 g/mol. The Morgan fingerprint density at radius 1 is 0.982 bits per heavy atom. The first-order valence-corrected chi connectivity index (χ1v) is 17.6. The molecule has 11 nitrogen and oxygen atoms in total. The van der Waals surface area contributed by atoms with E-state index in [4.69, 9.17) is 29.5 Å². The number of carboxylic acid groups (broad SMARTS) is 2. The molecule has 0 unspecified atom stereocenters. The summed E-state index contributed by atoms with van der Waals surface area (Å²) in [5.41, 5.74) is 1.86. The van der Waals surface area contributed by atoms with Crippen LogP contribution in [0.1, 0.15) is 44.1 Å². The van der Waals surface area contributed by atoms with Crippen molar-refractivity contribution in [2.45, 2.75) is 75.1 Å². The maximum Gasteiger partial charge on any atom is 0.490 e. The molecule has 3 aliphatic rings. The van der Waals surface area contributed by atoms with Gasteiger partial charge < -0.3 is 25.2 Å². The van der Waals surface area contributed by atoms with Crippen LogP contribution >= 0.6 is 0 Å². The van der Waals surface area contributed by atoms with Crippen LogP contribution in [-0.4, -0.2) is 117 Å². The fourth-order valence-electron chi connectivity index (χ4n) is 7.41. The van der Waals surface area contributed by atoms with Crippen molar-refractivity contribution >= 4 is 39.4 Å². The molecule has 2 aromatic carbocycles. The molecule has 19 heteroatoms. The molecule has 304 valence electrons. The minimum Gasteiger partial charge on any atom is -0.475 e. The van der Waals surface area contributed by atoms with E-state index in [1.165, 1.54) is 6.42 Å². The first-order chi connectivity index (χ1) is 26.2. The average Bonchev–Trinajstić information content (AvgIpc) is 3.62. The number of hydrogen-bond donors (Lipinski definition) is 3. The molecule has 7 rings (SSSR count). The summed E-state index contributed by atoms with van der Waals surface area (Å²) in [5, 5.41) is 20.3. The Hall–Kier alpha value is -4.91. The maximum atomic E-state index is 16.6. The van der Waals surface area contributed by atoms with Crippen molar-refractivity contribution in [1.29, 1.82) is 0 Å². The zero-order chi connectivity index (χ0) is 41.2. The van der Waals surface area contributed by atoms with E-state index < -0.39 is 36.3 Å². The molecule has 0 bridgehead atoms. The van der Waals surface area contributed by atoms with Gasteiger partial charge in [-0.05, 0) is 76.0 Å². The predicted molar refractivity (Wildman–Crippen MR) is 190 cm³/mol. The number of ether oxygens (including phenoxy) is 1. The highest BCUT2D eigenvalue weighted by atomic mass is 19.4. The van der Waals surface area contributed by atoms with E-state index in [0.717, 1.165) is 54.1 Å². The van der Waals surface area contributed by atoms with Crippen LogP contribution < -0.4 is 10.1 Å². The minimum atomic E-state index is -5.08. The van der Waals surface area contributed by atoms with Crippen LogP contribution in [0.3, 0.4) is 0 Å². The van der Waals surface area contributed by atoms with Gasteiger partial charge in [0.1, 0.15) is 29.8 Å². The molecule has 4 aromatic rings. The van der Waals surface area contributed by atoms with Crippen molar-refractivity contribution in [3.05, 3.63) is 54.0 Å². The number of halogens is 8. The molecule has 0 spiro atoms. The first-order valence-electron chi connectivity index (χ1n) is 17.6. The highest BCUT2D eigenvalue weighted by molar-refractivity contribution is 6.00. The van der Waals surface area contributed by atoms with Gasteiger partial charge in [-0.2, -0.15) is 36.3 Å². The van der Waals surface area contributed by atoms with Crippen molar-refractivity contribution in [2.24, 2.45) is 0 Å². The largest absolute Gasteiger partial charge is 0.490 e. The molecule has 2 aliphatic heterocycles. The van der Waals surface area contributed by atoms with Crippen LogP contribution in [-0.2, 0) is 9.59 Å². The second-order valence-electron chi connectivity index (χ2n) is 14.3. The number of rotatable bonds is 8. The number of likely N-dealkylation sites (N-methyl/N-ethyl adjacent to an activating group) is 1. The fraction of sp³-hybridized carbons (Fsp3) is 0.486. The van der Waals surface area contributed by atoms with Gasteiger partial charge in [-0.3, -0.25) is 9.88 Å². The van der Waals surface area contributed by atoms with Gasteiger partial charge in [-0.15, -0.1) is 0 Å². The Balaban J connectivity index is 0.000000367. The molecule has 3 fully saturated rings. The summed E-state index contributed by atoms with van der Waals surface area (Å²) in [6.07, 6.45) is -3.68. The molecule has 0 radical (unpaired) electrons. The van der Waals surface area contributed by atoms with Crippen LogP contribution in [0.25, 0.3) is 32.9 Å². The summed E-state index contributed by atoms with van der Waals surface area (Å²) in [5.74, 6) is -5.51. The number of carbonyl (C=O) groups is 2. The lowest BCUT2D eigenvalue weighted by molar-refractivity contribution is -0.193. The van der Waals surface area contributed by atoms with Crippen molar-refractivity contribution in [1.82, 2.24) is 24.8 Å². The van der Waals surface area contributed by atoms with Crippen molar-refractivity contribution in [3.8, 4) is 17.3 Å². The van der Waals surface area contributed by atoms with Gasteiger partial charge in [0.2, 0.25) is 0 Å². The molecule has 2 saturated heterocycles. The van der Waals surface area contributed by atoms with E-state index in [-0.39, 0.29) is 34.9 Å². The summed E-state index contributed by atoms with van der Waals surface area (Å²) in [7, 11) is 4.19. The highest BCUT2D eigenvalue weighted by Crippen LogP contribution is 2.41. The SMILES string of the molecule is Cc1cccc2cccc(-c3ncc4c(NCC5(N(C)C)CCC5)nc(OC[C@@]56CCCN5C[C@H](F)C6)nc4c3F)c12.O=C(O)C(F)(F)F.O=C(O)C(F)(F)F. The molecule has 1 aliphatic carbocycles. The molecule has 2 aromatic heterocycles. The van der Waals surface area contributed by atoms with Crippen molar-refractivity contribution in [3.63, 3.8) is 0 Å². The summed E-state index contributed by atoms with van der Waals surface area (Å²) < 4.78 is 101. The number of aliphatic carboxylic acids is 2. The number of nitrogens with zero attached hydrogens (tertiary/aromatic N) is 5. The summed E-state index contributed by atoms with van der Waals surface area (Å²) in [6.45, 7) is 4.28. The first kappa shape index (κ1) is 42.2. The predicted octanol–water partition coefficient (Wildman–Crippen LogP) is 7.41. The Bertz CT molecular complexity index is 2050. The fourth-order valence-corrected chi connectivity index (χ4v) is 7.41. The van der Waals surface area contributed by atoms with Gasteiger partial charge in [0.25, 0.3) is 0 Å². The Morgan fingerprint density at radius 3 is 2.18 bits per heavy atom. The molecule has 4 heterocycles. The molecule has 0 amide bonds. The van der Waals surface area contributed by atoms with Crippen LogP contribution in [0.5, 0.6) is 6.01 Å². The lowest BCUT2D eigenvalue weighted by atomic mass is 9.75. The standard InChI is InChI=1S/C33H38F2N6O.2C2HF3O2/c1-21-8-4-9-22-10-5-11-24(26(21)22)28-27(35)29-25(17-36-28)30(37-19-32(40(2)3)12-6-13-32)39-31(38-29)42-20-33-14-7-15-41(33)18-23(34)16-33;2*3-2(4,5)1(6)7/h4-5,8-11,17,23H,6-7,12-16,18-20H2,1-3H3,(H,37,38,39);2*(H,6,7)/t23-,33+;;/m1../s1. The van der Waals surface area contributed by atoms with Gasteiger partial charge in [0.15, 0.2) is 5.82 Å². The second-order valence-corrected chi connectivity index (χ2v) is 14.3. The number of aromatic nitrogens is 3. The number of aryl methyl sites for hydroxylation is 1. The van der Waals surface area contributed by atoms with E-state index in [1.807, 2.05) is 43.3 Å². The van der Waals surface area contributed by atoms with Gasteiger partial charge in [-0.25, -0.2) is 18.4 Å². The maximum absolute atomic E-state index is 16.6. The molecule has 56 heavy (non-hydrogen) atoms. The summed E-state index contributed by atoms with van der Waals surface area (Å²) >= 11 is 0. The van der Waals surface area contributed by atoms with Gasteiger partial charge >= 0.3 is 30.3 Å². The normalized spacial score (nSPS) is 20.4. The summed E-state index contributed by atoms with van der Waals surface area (Å²) in [6, 6.07) is 12.0. The third kappa shape index (κ3) is 9.04. The number of alkyl halides is 7. The van der Waals surface area contributed by atoms with Crippen LogP contribution in [0.15, 0.2) is 42.6 Å². The van der Waals surface area contributed by atoms with E-state index in [1.54, 1.807) is 6.20 Å². The van der Waals surface area contributed by atoms with Crippen LogP contribution in [0.2, 0.25) is 0 Å². The third-order valence-electron chi connectivity index (χ3n) is 10.6. The van der Waals surface area contributed by atoms with Gasteiger partial charge in [0.05, 0.1) is 10.9 Å². The topological polar surface area (TPSA) is 141 Å². The van der Waals surface area contributed by atoms with Crippen LogP contribution in [0, 0.1) is 12.7 Å². The van der Waals surface area contributed by atoms with E-state index in [0.29, 0.717) is 30.7 Å². The molecular formula is C37H40F8N6O5. The average molecular weight is 801 g/mol. The van der Waals surface area contributed by atoms with Crippen molar-refractivity contribution in [2.75, 3.05) is 45.7 Å². The molecule has 3 N–H and O–H groups in total. The number of fused-ring (bicyclic) bond motifs is 3. The number of carboxylic acids is 2. The molecule has 2 atom stereocenters. The van der Waals surface area contributed by atoms with Crippen molar-refractivity contribution < 1.29 is 59.7 Å². The Labute approximate surface area is 315 Å². The number of pyridine rings is 1. The zero-order valence-electron chi connectivity index (χ0n) is 30.6. The van der Waals surface area contributed by atoms with E-state index >= 15 is 4.39 Å². The second kappa shape index (κ2) is 16.3. The third-order valence-corrected chi connectivity index (χ3v) is 10.6. The number of nitrogens with one attached hydrogen (secondary N) is 1. The quantitative estimate of drug-likeness (QED) is 0.154. The Morgan fingerprint density at radius 2 is 1.61 bits per heavy atom. The lowest BCUT2D eigenvalue weighted by Gasteiger charge is -2.47. The highest BCUT2D eigenvalue weighted by Gasteiger charge is 2.49. The monoisotopic (exact) mass is 800 g/mol.